The van der Waals surface area contributed by atoms with Gasteiger partial charge in [-0.1, -0.05) is 6.07 Å². The van der Waals surface area contributed by atoms with Crippen LogP contribution in [0.3, 0.4) is 0 Å². The zero-order chi connectivity index (χ0) is 11.4. The number of pyridine rings is 1. The number of carbonyl (C=O) groups excluding carboxylic acids is 2. The first-order valence-corrected chi connectivity index (χ1v) is 4.61. The second kappa shape index (κ2) is 4.68. The Bertz CT molecular complexity index is 387. The summed E-state index contributed by atoms with van der Waals surface area (Å²) >= 11 is 0. The molecule has 0 radical (unpaired) electrons. The number of esters is 1. The van der Waals surface area contributed by atoms with Gasteiger partial charge in [0.1, 0.15) is 11.6 Å². The minimum absolute atomic E-state index is 0.306. The average Bonchev–Trinajstić information content (AvgIpc) is 2.26. The monoisotopic (exact) mass is 207 g/mol. The molecule has 0 aliphatic heterocycles. The summed E-state index contributed by atoms with van der Waals surface area (Å²) in [6.07, 6.45) is 1.53. The highest BCUT2D eigenvalue weighted by Crippen LogP contribution is 2.11. The number of ketones is 1. The van der Waals surface area contributed by atoms with Crippen molar-refractivity contribution >= 4 is 11.8 Å². The molecule has 4 nitrogen and oxygen atoms in total. The third-order valence-corrected chi connectivity index (χ3v) is 2.19. The molecule has 0 aliphatic carbocycles. The number of methoxy groups -OCH3 is 1. The predicted octanol–water partition coefficient (Wildman–Crippen LogP) is 1.38. The molecule has 0 aliphatic rings. The Morgan fingerprint density at radius 1 is 1.47 bits per heavy atom. The van der Waals surface area contributed by atoms with Crippen LogP contribution in [0.4, 0.5) is 0 Å². The molecule has 0 spiro atoms. The Balaban J connectivity index is 2.95. The Kier molecular flexibility index (Phi) is 3.55. The Labute approximate surface area is 88.3 Å². The maximum absolute atomic E-state index is 11.8. The fourth-order valence-corrected chi connectivity index (χ4v) is 1.23. The fraction of sp³-hybridized carbons (Fsp3) is 0.364. The van der Waals surface area contributed by atoms with Crippen molar-refractivity contribution in [2.45, 2.75) is 13.8 Å². The maximum atomic E-state index is 11.8. The van der Waals surface area contributed by atoms with Crippen LogP contribution in [-0.4, -0.2) is 23.8 Å². The molecule has 0 fully saturated rings. The molecule has 0 saturated heterocycles. The SMILES string of the molecule is COC(=O)C(C)C(=O)c1ncccc1C. The number of nitrogens with zero attached hydrogens (tertiary/aromatic N) is 1. The summed E-state index contributed by atoms with van der Waals surface area (Å²) in [4.78, 5) is 26.9. The highest BCUT2D eigenvalue weighted by Gasteiger charge is 2.25. The zero-order valence-corrected chi connectivity index (χ0v) is 8.98. The van der Waals surface area contributed by atoms with E-state index in [0.29, 0.717) is 5.69 Å². The van der Waals surface area contributed by atoms with Crippen LogP contribution >= 0.6 is 0 Å². The lowest BCUT2D eigenvalue weighted by Gasteiger charge is -2.08. The first kappa shape index (κ1) is 11.4. The second-order valence-corrected chi connectivity index (χ2v) is 3.28. The van der Waals surface area contributed by atoms with Gasteiger partial charge in [0.2, 0.25) is 0 Å². The molecule has 80 valence electrons. The van der Waals surface area contributed by atoms with E-state index in [1.807, 2.05) is 0 Å². The van der Waals surface area contributed by atoms with E-state index in [1.165, 1.54) is 20.2 Å². The van der Waals surface area contributed by atoms with Crippen LogP contribution in [0.15, 0.2) is 18.3 Å². The minimum Gasteiger partial charge on any atom is -0.468 e. The van der Waals surface area contributed by atoms with E-state index in [4.69, 9.17) is 0 Å². The van der Waals surface area contributed by atoms with Crippen molar-refractivity contribution in [1.29, 1.82) is 0 Å². The second-order valence-electron chi connectivity index (χ2n) is 3.28. The molecule has 0 amide bonds. The van der Waals surface area contributed by atoms with Crippen molar-refractivity contribution in [3.8, 4) is 0 Å². The van der Waals surface area contributed by atoms with Crippen molar-refractivity contribution < 1.29 is 14.3 Å². The van der Waals surface area contributed by atoms with Gasteiger partial charge < -0.3 is 4.74 Å². The summed E-state index contributed by atoms with van der Waals surface area (Å²) in [5.41, 5.74) is 1.09. The van der Waals surface area contributed by atoms with Gasteiger partial charge in [-0.15, -0.1) is 0 Å². The van der Waals surface area contributed by atoms with Gasteiger partial charge in [-0.05, 0) is 25.5 Å². The molecule has 15 heavy (non-hydrogen) atoms. The van der Waals surface area contributed by atoms with Crippen molar-refractivity contribution in [2.24, 2.45) is 5.92 Å². The molecule has 1 heterocycles. The van der Waals surface area contributed by atoms with Gasteiger partial charge in [0.05, 0.1) is 7.11 Å². The van der Waals surface area contributed by atoms with Gasteiger partial charge in [-0.25, -0.2) is 0 Å². The van der Waals surface area contributed by atoms with Crippen LogP contribution in [0.25, 0.3) is 0 Å². The van der Waals surface area contributed by atoms with Gasteiger partial charge in [0.25, 0.3) is 0 Å². The highest BCUT2D eigenvalue weighted by atomic mass is 16.5. The standard InChI is InChI=1S/C11H13NO3/c1-7-5-4-6-12-9(7)10(13)8(2)11(14)15-3/h4-6,8H,1-3H3. The summed E-state index contributed by atoms with van der Waals surface area (Å²) in [6, 6.07) is 3.53. The van der Waals surface area contributed by atoms with Crippen LogP contribution in [0.5, 0.6) is 0 Å². The van der Waals surface area contributed by atoms with E-state index >= 15 is 0 Å². The third-order valence-electron chi connectivity index (χ3n) is 2.19. The molecule has 0 aromatic carbocycles. The predicted molar refractivity (Wildman–Crippen MR) is 54.5 cm³/mol. The molecule has 4 heteroatoms. The molecule has 1 rings (SSSR count). The minimum atomic E-state index is -0.802. The highest BCUT2D eigenvalue weighted by molar-refractivity contribution is 6.07. The lowest BCUT2D eigenvalue weighted by Crippen LogP contribution is -2.23. The molecule has 0 saturated carbocycles. The molecule has 0 bridgehead atoms. The van der Waals surface area contributed by atoms with Crippen molar-refractivity contribution in [3.63, 3.8) is 0 Å². The third kappa shape index (κ3) is 2.40. The summed E-state index contributed by atoms with van der Waals surface area (Å²) in [7, 11) is 1.26. The zero-order valence-electron chi connectivity index (χ0n) is 8.98. The molecule has 0 N–H and O–H groups in total. The Morgan fingerprint density at radius 2 is 2.13 bits per heavy atom. The van der Waals surface area contributed by atoms with Gasteiger partial charge in [-0.2, -0.15) is 0 Å². The van der Waals surface area contributed by atoms with E-state index < -0.39 is 11.9 Å². The quantitative estimate of drug-likeness (QED) is 0.427. The van der Waals surface area contributed by atoms with Crippen LogP contribution in [0.1, 0.15) is 23.0 Å². The van der Waals surface area contributed by atoms with E-state index in [-0.39, 0.29) is 5.78 Å². The molecule has 1 unspecified atom stereocenters. The number of Topliss-reactive ketones (excluding diaryl/α,β-unsaturated/α-hetero) is 1. The van der Waals surface area contributed by atoms with Crippen molar-refractivity contribution in [1.82, 2.24) is 4.98 Å². The molecule has 1 aromatic heterocycles. The van der Waals surface area contributed by atoms with Gasteiger partial charge >= 0.3 is 5.97 Å². The number of carbonyl (C=O) groups is 2. The number of aromatic nitrogens is 1. The van der Waals surface area contributed by atoms with E-state index in [0.717, 1.165) is 5.56 Å². The van der Waals surface area contributed by atoms with Crippen LogP contribution in [-0.2, 0) is 9.53 Å². The van der Waals surface area contributed by atoms with Crippen LogP contribution in [0, 0.1) is 12.8 Å². The van der Waals surface area contributed by atoms with E-state index in [9.17, 15) is 9.59 Å². The molecule has 1 aromatic rings. The van der Waals surface area contributed by atoms with Crippen molar-refractivity contribution in [3.05, 3.63) is 29.6 Å². The van der Waals surface area contributed by atoms with E-state index in [1.54, 1.807) is 19.1 Å². The normalized spacial score (nSPS) is 11.9. The largest absolute Gasteiger partial charge is 0.468 e. The number of rotatable bonds is 3. The van der Waals surface area contributed by atoms with E-state index in [2.05, 4.69) is 9.72 Å². The number of hydrogen-bond donors (Lipinski definition) is 0. The Morgan fingerprint density at radius 3 is 2.67 bits per heavy atom. The smallest absolute Gasteiger partial charge is 0.316 e. The average molecular weight is 207 g/mol. The van der Waals surface area contributed by atoms with Crippen LogP contribution < -0.4 is 0 Å². The maximum Gasteiger partial charge on any atom is 0.316 e. The fourth-order valence-electron chi connectivity index (χ4n) is 1.23. The number of hydrogen-bond acceptors (Lipinski definition) is 4. The lowest BCUT2D eigenvalue weighted by atomic mass is 10.0. The summed E-state index contributed by atoms with van der Waals surface area (Å²) in [5, 5.41) is 0. The molecule has 1 atom stereocenters. The summed E-state index contributed by atoms with van der Waals surface area (Å²) in [6.45, 7) is 3.30. The Hall–Kier alpha value is -1.71. The summed E-state index contributed by atoms with van der Waals surface area (Å²) in [5.74, 6) is -1.64. The number of ether oxygens (including phenoxy) is 1. The van der Waals surface area contributed by atoms with Gasteiger partial charge in [0.15, 0.2) is 5.78 Å². The topological polar surface area (TPSA) is 56.3 Å². The lowest BCUT2D eigenvalue weighted by molar-refractivity contribution is -0.143. The molecular formula is C11H13NO3. The van der Waals surface area contributed by atoms with Crippen molar-refractivity contribution in [2.75, 3.05) is 7.11 Å². The van der Waals surface area contributed by atoms with Crippen LogP contribution in [0.2, 0.25) is 0 Å². The van der Waals surface area contributed by atoms with Gasteiger partial charge in [0, 0.05) is 6.20 Å². The summed E-state index contributed by atoms with van der Waals surface area (Å²) < 4.78 is 4.51. The first-order valence-electron chi connectivity index (χ1n) is 4.61. The molecular weight excluding hydrogens is 194 g/mol. The van der Waals surface area contributed by atoms with Gasteiger partial charge in [-0.3, -0.25) is 14.6 Å². The first-order chi connectivity index (χ1) is 7.07. The number of aryl methyl sites for hydroxylation is 1.